The van der Waals surface area contributed by atoms with Gasteiger partial charge >= 0.3 is 5.97 Å². The van der Waals surface area contributed by atoms with E-state index >= 15 is 0 Å². The van der Waals surface area contributed by atoms with Gasteiger partial charge in [-0.05, 0) is 18.6 Å². The second-order valence-corrected chi connectivity index (χ2v) is 3.84. The van der Waals surface area contributed by atoms with E-state index in [4.69, 9.17) is 5.11 Å². The summed E-state index contributed by atoms with van der Waals surface area (Å²) in [5, 5.41) is 11.7. The van der Waals surface area contributed by atoms with Gasteiger partial charge in [-0.1, -0.05) is 24.0 Å². The van der Waals surface area contributed by atoms with Crippen molar-refractivity contribution in [1.29, 1.82) is 0 Å². The first-order valence-corrected chi connectivity index (χ1v) is 5.58. The van der Waals surface area contributed by atoms with Crippen LogP contribution in [0.1, 0.15) is 34.8 Å². The fourth-order valence-corrected chi connectivity index (χ4v) is 1.51. The lowest BCUT2D eigenvalue weighted by atomic mass is 10.0. The van der Waals surface area contributed by atoms with Crippen molar-refractivity contribution in [2.75, 3.05) is 6.54 Å². The third-order valence-electron chi connectivity index (χ3n) is 2.33. The van der Waals surface area contributed by atoms with Crippen LogP contribution in [0.5, 0.6) is 0 Å². The van der Waals surface area contributed by atoms with Crippen molar-refractivity contribution in [3.63, 3.8) is 0 Å². The Morgan fingerprint density at radius 3 is 2.72 bits per heavy atom. The maximum absolute atomic E-state index is 11.1. The van der Waals surface area contributed by atoms with E-state index < -0.39 is 5.97 Å². The molecule has 0 radical (unpaired) electrons. The van der Waals surface area contributed by atoms with Gasteiger partial charge in [-0.25, -0.2) is 4.79 Å². The molecule has 1 amide bonds. The predicted molar refractivity (Wildman–Crippen MR) is 68.3 cm³/mol. The van der Waals surface area contributed by atoms with Crippen LogP contribution in [-0.2, 0) is 4.79 Å². The zero-order valence-electron chi connectivity index (χ0n) is 10.4. The average Bonchev–Trinajstić information content (AvgIpc) is 2.27. The summed E-state index contributed by atoms with van der Waals surface area (Å²) >= 11 is 0. The van der Waals surface area contributed by atoms with Crippen LogP contribution >= 0.6 is 0 Å². The zero-order valence-corrected chi connectivity index (χ0v) is 10.4. The molecule has 4 heteroatoms. The lowest BCUT2D eigenvalue weighted by Crippen LogP contribution is -2.20. The Balaban J connectivity index is 2.79. The molecule has 0 bridgehead atoms. The third kappa shape index (κ3) is 3.95. The minimum Gasteiger partial charge on any atom is -0.478 e. The van der Waals surface area contributed by atoms with Gasteiger partial charge in [0.15, 0.2) is 0 Å². The summed E-state index contributed by atoms with van der Waals surface area (Å²) in [6, 6.07) is 5.20. The number of benzene rings is 1. The minimum absolute atomic E-state index is 0.0985. The minimum atomic E-state index is -0.973. The summed E-state index contributed by atoms with van der Waals surface area (Å²) in [7, 11) is 0. The van der Waals surface area contributed by atoms with Gasteiger partial charge in [-0.2, -0.15) is 0 Å². The highest BCUT2D eigenvalue weighted by Gasteiger charge is 2.10. The van der Waals surface area contributed by atoms with E-state index in [9.17, 15) is 9.59 Å². The molecule has 0 atom stereocenters. The van der Waals surface area contributed by atoms with Crippen LogP contribution in [0.15, 0.2) is 18.2 Å². The van der Waals surface area contributed by atoms with Gasteiger partial charge in [0.1, 0.15) is 0 Å². The predicted octanol–water partition coefficient (Wildman–Crippen LogP) is 1.57. The Kier molecular flexibility index (Phi) is 4.94. The number of hydrogen-bond acceptors (Lipinski definition) is 2. The van der Waals surface area contributed by atoms with Gasteiger partial charge in [0.05, 0.1) is 5.56 Å². The molecule has 18 heavy (non-hydrogen) atoms. The van der Waals surface area contributed by atoms with Crippen molar-refractivity contribution in [1.82, 2.24) is 5.32 Å². The van der Waals surface area contributed by atoms with Crippen molar-refractivity contribution in [3.8, 4) is 11.8 Å². The molecule has 0 heterocycles. The second-order valence-electron chi connectivity index (χ2n) is 3.84. The number of carbonyl (C=O) groups excluding carboxylic acids is 1. The van der Waals surface area contributed by atoms with E-state index in [1.54, 1.807) is 25.1 Å². The molecule has 1 aromatic rings. The largest absolute Gasteiger partial charge is 0.478 e. The number of nitrogens with one attached hydrogen (secondary N) is 1. The molecule has 1 aromatic carbocycles. The fourth-order valence-electron chi connectivity index (χ4n) is 1.51. The average molecular weight is 245 g/mol. The van der Waals surface area contributed by atoms with E-state index in [0.29, 0.717) is 24.1 Å². The molecule has 0 aliphatic rings. The van der Waals surface area contributed by atoms with Gasteiger partial charge in [0.25, 0.3) is 0 Å². The normalized spacial score (nSPS) is 9.22. The zero-order chi connectivity index (χ0) is 13.5. The summed E-state index contributed by atoms with van der Waals surface area (Å²) < 4.78 is 0. The third-order valence-corrected chi connectivity index (χ3v) is 2.33. The van der Waals surface area contributed by atoms with Crippen molar-refractivity contribution < 1.29 is 14.7 Å². The summed E-state index contributed by atoms with van der Waals surface area (Å²) in [6.45, 7) is 3.65. The molecule has 0 saturated heterocycles. The molecule has 0 saturated carbocycles. The summed E-state index contributed by atoms with van der Waals surface area (Å²) in [4.78, 5) is 21.7. The summed E-state index contributed by atoms with van der Waals surface area (Å²) in [6.07, 6.45) is 0.493. The standard InChI is InChI=1S/C14H15NO3/c1-10-6-5-8-12(13(10)14(17)18)7-3-4-9-15-11(2)16/h5-6,8H,4,9H2,1-2H3,(H,15,16)(H,17,18). The van der Waals surface area contributed by atoms with Crippen LogP contribution in [0, 0.1) is 18.8 Å². The van der Waals surface area contributed by atoms with Crippen LogP contribution in [-0.4, -0.2) is 23.5 Å². The molecule has 0 aliphatic carbocycles. The van der Waals surface area contributed by atoms with E-state index in [1.165, 1.54) is 6.92 Å². The number of carbonyl (C=O) groups is 2. The van der Waals surface area contributed by atoms with Crippen molar-refractivity contribution in [2.45, 2.75) is 20.3 Å². The quantitative estimate of drug-likeness (QED) is 0.627. The maximum Gasteiger partial charge on any atom is 0.337 e. The van der Waals surface area contributed by atoms with Crippen LogP contribution in [0.4, 0.5) is 0 Å². The van der Waals surface area contributed by atoms with Gasteiger partial charge < -0.3 is 10.4 Å². The van der Waals surface area contributed by atoms with Crippen molar-refractivity contribution in [3.05, 3.63) is 34.9 Å². The number of aromatic carboxylic acids is 1. The molecule has 4 nitrogen and oxygen atoms in total. The van der Waals surface area contributed by atoms with Crippen LogP contribution < -0.4 is 5.32 Å². The Morgan fingerprint density at radius 2 is 2.11 bits per heavy atom. The first-order chi connectivity index (χ1) is 8.52. The SMILES string of the molecule is CC(=O)NCCC#Cc1cccc(C)c1C(=O)O. The number of carboxylic acid groups (broad SMARTS) is 1. The molecular weight excluding hydrogens is 230 g/mol. The van der Waals surface area contributed by atoms with Crippen molar-refractivity contribution in [2.24, 2.45) is 0 Å². The number of rotatable bonds is 3. The van der Waals surface area contributed by atoms with E-state index in [2.05, 4.69) is 17.2 Å². The van der Waals surface area contributed by atoms with E-state index in [1.807, 2.05) is 0 Å². The lowest BCUT2D eigenvalue weighted by molar-refractivity contribution is -0.118. The van der Waals surface area contributed by atoms with Crippen LogP contribution in [0.25, 0.3) is 0 Å². The number of aryl methyl sites for hydroxylation is 1. The molecule has 94 valence electrons. The summed E-state index contributed by atoms with van der Waals surface area (Å²) in [5.41, 5.74) is 1.44. The molecule has 2 N–H and O–H groups in total. The van der Waals surface area contributed by atoms with E-state index in [0.717, 1.165) is 0 Å². The Hall–Kier alpha value is -2.28. The molecular formula is C14H15NO3. The molecule has 0 aromatic heterocycles. The Morgan fingerprint density at radius 1 is 1.39 bits per heavy atom. The Labute approximate surface area is 106 Å². The molecule has 0 spiro atoms. The highest BCUT2D eigenvalue weighted by molar-refractivity contribution is 5.92. The monoisotopic (exact) mass is 245 g/mol. The van der Waals surface area contributed by atoms with E-state index in [-0.39, 0.29) is 11.5 Å². The number of hydrogen-bond donors (Lipinski definition) is 2. The van der Waals surface area contributed by atoms with Gasteiger partial charge in [-0.15, -0.1) is 0 Å². The highest BCUT2D eigenvalue weighted by atomic mass is 16.4. The van der Waals surface area contributed by atoms with Gasteiger partial charge in [0.2, 0.25) is 5.91 Å². The highest BCUT2D eigenvalue weighted by Crippen LogP contribution is 2.13. The van der Waals surface area contributed by atoms with Crippen LogP contribution in [0.2, 0.25) is 0 Å². The smallest absolute Gasteiger partial charge is 0.337 e. The molecule has 1 rings (SSSR count). The molecule has 0 fully saturated rings. The Bertz CT molecular complexity index is 524. The van der Waals surface area contributed by atoms with Gasteiger partial charge in [0, 0.05) is 25.5 Å². The van der Waals surface area contributed by atoms with Gasteiger partial charge in [-0.3, -0.25) is 4.79 Å². The first-order valence-electron chi connectivity index (χ1n) is 5.58. The maximum atomic E-state index is 11.1. The fraction of sp³-hybridized carbons (Fsp3) is 0.286. The van der Waals surface area contributed by atoms with Crippen LogP contribution in [0.3, 0.4) is 0 Å². The molecule has 0 unspecified atom stereocenters. The molecule has 0 aliphatic heterocycles. The topological polar surface area (TPSA) is 66.4 Å². The summed E-state index contributed by atoms with van der Waals surface area (Å²) in [5.74, 6) is 4.61. The second kappa shape index (κ2) is 6.45. The number of carboxylic acids is 1. The first kappa shape index (κ1) is 13.8. The lowest BCUT2D eigenvalue weighted by Gasteiger charge is -2.02. The van der Waals surface area contributed by atoms with Crippen molar-refractivity contribution >= 4 is 11.9 Å². The number of amides is 1.